The summed E-state index contributed by atoms with van der Waals surface area (Å²) in [5, 5.41) is 3.20. The number of benzene rings is 1. The van der Waals surface area contributed by atoms with Crippen LogP contribution in [-0.4, -0.2) is 55.5 Å². The molecule has 0 spiro atoms. The fourth-order valence-corrected chi connectivity index (χ4v) is 3.53. The van der Waals surface area contributed by atoms with Crippen LogP contribution in [-0.2, 0) is 10.3 Å². The van der Waals surface area contributed by atoms with Crippen LogP contribution in [0.5, 0.6) is 0 Å². The Bertz CT molecular complexity index is 531. The lowest BCUT2D eigenvalue weighted by atomic mass is 9.90. The van der Waals surface area contributed by atoms with Crippen LogP contribution in [0.4, 0.5) is 0 Å². The molecule has 0 radical (unpaired) electrons. The maximum atomic E-state index is 12.5. The normalized spacial score (nSPS) is 17.5. The van der Waals surface area contributed by atoms with Crippen molar-refractivity contribution in [2.75, 3.05) is 33.7 Å². The van der Waals surface area contributed by atoms with Gasteiger partial charge in [0.1, 0.15) is 0 Å². The number of rotatable bonds is 5. The van der Waals surface area contributed by atoms with Crippen molar-refractivity contribution in [2.24, 2.45) is 0 Å². The van der Waals surface area contributed by atoms with Gasteiger partial charge in [-0.25, -0.2) is 0 Å². The third kappa shape index (κ3) is 4.79. The van der Waals surface area contributed by atoms with Gasteiger partial charge in [-0.05, 0) is 58.8 Å². The maximum Gasteiger partial charge on any atom is 0.234 e. The van der Waals surface area contributed by atoms with Crippen molar-refractivity contribution < 1.29 is 4.79 Å². The molecule has 0 aliphatic carbocycles. The third-order valence-corrected chi connectivity index (χ3v) is 4.92. The highest BCUT2D eigenvalue weighted by atomic mass is 16.2. The zero-order valence-electron chi connectivity index (χ0n) is 15.2. The van der Waals surface area contributed by atoms with E-state index in [1.54, 1.807) is 0 Å². The van der Waals surface area contributed by atoms with Crippen molar-refractivity contribution in [1.82, 2.24) is 15.1 Å². The summed E-state index contributed by atoms with van der Waals surface area (Å²) in [5.41, 5.74) is 2.05. The average Bonchev–Trinajstić information content (AvgIpc) is 2.47. The zero-order chi connectivity index (χ0) is 17.0. The summed E-state index contributed by atoms with van der Waals surface area (Å²) in [6.07, 6.45) is 2.28. The standard InChI is InChI=1S/C19H31N3O/c1-15-8-6-7-9-17(15)19(2,3)20-18(23)14-22-12-10-16(11-13-22)21(4)5/h6-9,16H,10-14H2,1-5H3,(H,20,23). The van der Waals surface area contributed by atoms with Gasteiger partial charge in [0, 0.05) is 19.1 Å². The Labute approximate surface area is 140 Å². The Morgan fingerprint density at radius 3 is 2.43 bits per heavy atom. The number of amides is 1. The highest BCUT2D eigenvalue weighted by Gasteiger charge is 2.26. The number of nitrogens with zero attached hydrogens (tertiary/aromatic N) is 2. The van der Waals surface area contributed by atoms with Crippen molar-refractivity contribution >= 4 is 5.91 Å². The van der Waals surface area contributed by atoms with E-state index in [2.05, 4.69) is 62.1 Å². The Balaban J connectivity index is 1.89. The van der Waals surface area contributed by atoms with E-state index in [1.165, 1.54) is 11.1 Å². The van der Waals surface area contributed by atoms with E-state index < -0.39 is 0 Å². The molecule has 1 fully saturated rings. The van der Waals surface area contributed by atoms with Crippen LogP contribution < -0.4 is 5.32 Å². The van der Waals surface area contributed by atoms with Gasteiger partial charge in [0.05, 0.1) is 12.1 Å². The molecule has 0 aromatic heterocycles. The fraction of sp³-hybridized carbons (Fsp3) is 0.632. The molecule has 1 N–H and O–H groups in total. The molecule has 1 aliphatic rings. The predicted octanol–water partition coefficient (Wildman–Crippen LogP) is 2.37. The first-order valence-electron chi connectivity index (χ1n) is 8.55. The Kier molecular flexibility index (Phi) is 5.82. The monoisotopic (exact) mass is 317 g/mol. The number of carbonyl (C=O) groups excluding carboxylic acids is 1. The zero-order valence-corrected chi connectivity index (χ0v) is 15.2. The summed E-state index contributed by atoms with van der Waals surface area (Å²) in [6.45, 7) is 8.74. The van der Waals surface area contributed by atoms with E-state index in [0.717, 1.165) is 25.9 Å². The second kappa shape index (κ2) is 7.45. The molecule has 1 aliphatic heterocycles. The quantitative estimate of drug-likeness (QED) is 0.905. The maximum absolute atomic E-state index is 12.5. The first-order valence-corrected chi connectivity index (χ1v) is 8.55. The Morgan fingerprint density at radius 2 is 1.87 bits per heavy atom. The van der Waals surface area contributed by atoms with Crippen LogP contribution in [0.3, 0.4) is 0 Å². The van der Waals surface area contributed by atoms with Crippen molar-refractivity contribution in [1.29, 1.82) is 0 Å². The van der Waals surface area contributed by atoms with Gasteiger partial charge >= 0.3 is 0 Å². The molecule has 0 atom stereocenters. The van der Waals surface area contributed by atoms with Crippen molar-refractivity contribution in [3.8, 4) is 0 Å². The van der Waals surface area contributed by atoms with Crippen LogP contribution in [0.1, 0.15) is 37.8 Å². The van der Waals surface area contributed by atoms with E-state index in [0.29, 0.717) is 12.6 Å². The average molecular weight is 317 g/mol. The molecule has 4 heteroatoms. The van der Waals surface area contributed by atoms with Gasteiger partial charge in [-0.2, -0.15) is 0 Å². The Hall–Kier alpha value is -1.39. The number of piperidine rings is 1. The molecule has 0 unspecified atom stereocenters. The SMILES string of the molecule is Cc1ccccc1C(C)(C)NC(=O)CN1CCC(N(C)C)CC1. The largest absolute Gasteiger partial charge is 0.346 e. The number of hydrogen-bond donors (Lipinski definition) is 1. The molecule has 1 heterocycles. The summed E-state index contributed by atoms with van der Waals surface area (Å²) < 4.78 is 0. The minimum absolute atomic E-state index is 0.113. The molecule has 1 aromatic carbocycles. The minimum atomic E-state index is -0.343. The second-order valence-electron chi connectivity index (χ2n) is 7.46. The van der Waals surface area contributed by atoms with Gasteiger partial charge in [-0.1, -0.05) is 24.3 Å². The van der Waals surface area contributed by atoms with Gasteiger partial charge in [-0.3, -0.25) is 9.69 Å². The highest BCUT2D eigenvalue weighted by molar-refractivity contribution is 5.79. The summed E-state index contributed by atoms with van der Waals surface area (Å²) in [7, 11) is 4.27. The lowest BCUT2D eigenvalue weighted by Crippen LogP contribution is -2.49. The van der Waals surface area contributed by atoms with Crippen LogP contribution in [0.15, 0.2) is 24.3 Å². The number of likely N-dealkylation sites (tertiary alicyclic amines) is 1. The topological polar surface area (TPSA) is 35.6 Å². The number of hydrogen-bond acceptors (Lipinski definition) is 3. The number of aryl methyl sites for hydroxylation is 1. The van der Waals surface area contributed by atoms with E-state index >= 15 is 0 Å². The first kappa shape index (κ1) is 18.0. The molecule has 128 valence electrons. The van der Waals surface area contributed by atoms with Crippen molar-refractivity contribution in [2.45, 2.75) is 45.2 Å². The highest BCUT2D eigenvalue weighted by Crippen LogP contribution is 2.23. The molecular formula is C19H31N3O. The predicted molar refractivity (Wildman–Crippen MR) is 95.5 cm³/mol. The smallest absolute Gasteiger partial charge is 0.234 e. The molecular weight excluding hydrogens is 286 g/mol. The van der Waals surface area contributed by atoms with Crippen LogP contribution in [0.2, 0.25) is 0 Å². The third-order valence-electron chi connectivity index (χ3n) is 4.92. The summed E-state index contributed by atoms with van der Waals surface area (Å²) >= 11 is 0. The lowest BCUT2D eigenvalue weighted by Gasteiger charge is -2.35. The van der Waals surface area contributed by atoms with Gasteiger partial charge in [-0.15, -0.1) is 0 Å². The lowest BCUT2D eigenvalue weighted by molar-refractivity contribution is -0.124. The van der Waals surface area contributed by atoms with Crippen LogP contribution in [0, 0.1) is 6.92 Å². The molecule has 0 bridgehead atoms. The van der Waals surface area contributed by atoms with E-state index in [4.69, 9.17) is 0 Å². The van der Waals surface area contributed by atoms with E-state index in [-0.39, 0.29) is 11.4 Å². The summed E-state index contributed by atoms with van der Waals surface area (Å²) in [4.78, 5) is 17.0. The van der Waals surface area contributed by atoms with E-state index in [9.17, 15) is 4.79 Å². The fourth-order valence-electron chi connectivity index (χ4n) is 3.53. The minimum Gasteiger partial charge on any atom is -0.346 e. The van der Waals surface area contributed by atoms with Gasteiger partial charge in [0.15, 0.2) is 0 Å². The molecule has 2 rings (SSSR count). The Morgan fingerprint density at radius 1 is 1.26 bits per heavy atom. The van der Waals surface area contributed by atoms with Gasteiger partial charge in [0.2, 0.25) is 5.91 Å². The molecule has 1 amide bonds. The van der Waals surface area contributed by atoms with Crippen LogP contribution >= 0.6 is 0 Å². The molecule has 1 aromatic rings. The first-order chi connectivity index (χ1) is 10.8. The van der Waals surface area contributed by atoms with E-state index in [1.807, 2.05) is 12.1 Å². The van der Waals surface area contributed by atoms with Crippen LogP contribution in [0.25, 0.3) is 0 Å². The molecule has 23 heavy (non-hydrogen) atoms. The number of nitrogens with one attached hydrogen (secondary N) is 1. The van der Waals surface area contributed by atoms with Gasteiger partial charge in [0.25, 0.3) is 0 Å². The van der Waals surface area contributed by atoms with Gasteiger partial charge < -0.3 is 10.2 Å². The number of carbonyl (C=O) groups is 1. The van der Waals surface area contributed by atoms with Crippen molar-refractivity contribution in [3.05, 3.63) is 35.4 Å². The summed E-state index contributed by atoms with van der Waals surface area (Å²) in [5.74, 6) is 0.113. The molecule has 4 nitrogen and oxygen atoms in total. The summed E-state index contributed by atoms with van der Waals surface area (Å²) in [6, 6.07) is 8.90. The second-order valence-corrected chi connectivity index (χ2v) is 7.46. The molecule has 0 saturated carbocycles. The van der Waals surface area contributed by atoms with Crippen molar-refractivity contribution in [3.63, 3.8) is 0 Å². The molecule has 1 saturated heterocycles.